The molecular formula is C42H23NOS2. The van der Waals surface area contributed by atoms with Crippen molar-refractivity contribution >= 4 is 107 Å². The molecule has 0 bridgehead atoms. The van der Waals surface area contributed by atoms with Gasteiger partial charge in [-0.25, -0.2) is 0 Å². The summed E-state index contributed by atoms with van der Waals surface area (Å²) in [4.78, 5) is 0. The Morgan fingerprint density at radius 3 is 1.96 bits per heavy atom. The SMILES string of the molecule is c1ccc2c(c1)sc1ccc(-c3ccc4oc5cc(-n6c7ccccc7c7ccc8sc9ccccc9c8c76)ccc5c4c3)cc12. The number of aromatic nitrogens is 1. The van der Waals surface area contributed by atoms with E-state index in [-0.39, 0.29) is 0 Å². The maximum Gasteiger partial charge on any atom is 0.137 e. The summed E-state index contributed by atoms with van der Waals surface area (Å²) in [6, 6.07) is 51.0. The summed E-state index contributed by atoms with van der Waals surface area (Å²) >= 11 is 3.72. The monoisotopic (exact) mass is 621 g/mol. The zero-order valence-corrected chi connectivity index (χ0v) is 26.1. The highest BCUT2D eigenvalue weighted by atomic mass is 32.1. The summed E-state index contributed by atoms with van der Waals surface area (Å²) in [5.41, 5.74) is 7.80. The Hall–Kier alpha value is -5.42. The van der Waals surface area contributed by atoms with Gasteiger partial charge in [0, 0.05) is 73.6 Å². The van der Waals surface area contributed by atoms with Crippen LogP contribution in [0.3, 0.4) is 0 Å². The van der Waals surface area contributed by atoms with Crippen LogP contribution in [0.15, 0.2) is 144 Å². The Kier molecular flexibility index (Phi) is 4.90. The van der Waals surface area contributed by atoms with Gasteiger partial charge in [-0.05, 0) is 71.8 Å². The molecule has 4 heterocycles. The third-order valence-corrected chi connectivity index (χ3v) is 11.9. The number of thiophene rings is 2. The molecule has 46 heavy (non-hydrogen) atoms. The molecular weight excluding hydrogens is 599 g/mol. The van der Waals surface area contributed by atoms with Crippen molar-refractivity contribution in [1.29, 1.82) is 0 Å². The number of fused-ring (bicyclic) bond motifs is 13. The Bertz CT molecular complexity index is 3040. The van der Waals surface area contributed by atoms with Crippen molar-refractivity contribution in [2.75, 3.05) is 0 Å². The smallest absolute Gasteiger partial charge is 0.137 e. The molecule has 11 rings (SSSR count). The van der Waals surface area contributed by atoms with E-state index < -0.39 is 0 Å². The first-order valence-electron chi connectivity index (χ1n) is 15.5. The van der Waals surface area contributed by atoms with Gasteiger partial charge in [-0.3, -0.25) is 0 Å². The van der Waals surface area contributed by atoms with E-state index in [9.17, 15) is 0 Å². The second-order valence-electron chi connectivity index (χ2n) is 12.1. The first-order chi connectivity index (χ1) is 22.8. The molecule has 11 aromatic rings. The van der Waals surface area contributed by atoms with Gasteiger partial charge in [0.25, 0.3) is 0 Å². The number of hydrogen-bond acceptors (Lipinski definition) is 3. The van der Waals surface area contributed by atoms with Crippen LogP contribution in [0.4, 0.5) is 0 Å². The van der Waals surface area contributed by atoms with Gasteiger partial charge in [0.15, 0.2) is 0 Å². The highest BCUT2D eigenvalue weighted by Gasteiger charge is 2.19. The average molecular weight is 622 g/mol. The molecule has 7 aromatic carbocycles. The quantitative estimate of drug-likeness (QED) is 0.188. The fourth-order valence-corrected chi connectivity index (χ4v) is 9.72. The number of rotatable bonds is 2. The first-order valence-corrected chi connectivity index (χ1v) is 17.1. The predicted octanol–water partition coefficient (Wildman–Crippen LogP) is 13.1. The lowest BCUT2D eigenvalue weighted by Gasteiger charge is -2.09. The van der Waals surface area contributed by atoms with Crippen LogP contribution in [0.5, 0.6) is 0 Å². The lowest BCUT2D eigenvalue weighted by molar-refractivity contribution is 0.668. The Morgan fingerprint density at radius 1 is 0.413 bits per heavy atom. The van der Waals surface area contributed by atoms with Crippen molar-refractivity contribution in [2.45, 2.75) is 0 Å². The van der Waals surface area contributed by atoms with Crippen LogP contribution in [0.1, 0.15) is 0 Å². The largest absolute Gasteiger partial charge is 0.456 e. The molecule has 214 valence electrons. The number of furan rings is 1. The minimum atomic E-state index is 0.900. The molecule has 0 spiro atoms. The van der Waals surface area contributed by atoms with Gasteiger partial charge in [-0.2, -0.15) is 0 Å². The molecule has 0 amide bonds. The third kappa shape index (κ3) is 3.35. The summed E-state index contributed by atoms with van der Waals surface area (Å²) in [5.74, 6) is 0. The lowest BCUT2D eigenvalue weighted by atomic mass is 10.0. The van der Waals surface area contributed by atoms with Crippen molar-refractivity contribution in [3.63, 3.8) is 0 Å². The van der Waals surface area contributed by atoms with Crippen molar-refractivity contribution in [3.05, 3.63) is 140 Å². The van der Waals surface area contributed by atoms with E-state index in [2.05, 4.69) is 144 Å². The molecule has 0 saturated carbocycles. The maximum atomic E-state index is 6.55. The van der Waals surface area contributed by atoms with Crippen LogP contribution in [0.2, 0.25) is 0 Å². The molecule has 4 aromatic heterocycles. The fourth-order valence-electron chi connectivity index (χ4n) is 7.52. The Balaban J connectivity index is 1.13. The minimum Gasteiger partial charge on any atom is -0.456 e. The van der Waals surface area contributed by atoms with E-state index in [4.69, 9.17) is 4.42 Å². The number of benzene rings is 7. The third-order valence-electron chi connectivity index (χ3n) is 9.60. The highest BCUT2D eigenvalue weighted by molar-refractivity contribution is 7.26. The van der Waals surface area contributed by atoms with Crippen LogP contribution in [-0.2, 0) is 0 Å². The molecule has 0 radical (unpaired) electrons. The van der Waals surface area contributed by atoms with Crippen LogP contribution >= 0.6 is 22.7 Å². The Morgan fingerprint density at radius 2 is 1.07 bits per heavy atom. The van der Waals surface area contributed by atoms with Crippen molar-refractivity contribution in [1.82, 2.24) is 4.57 Å². The summed E-state index contributed by atoms with van der Waals surface area (Å²) in [5, 5.41) is 10.1. The number of hydrogen-bond donors (Lipinski definition) is 0. The van der Waals surface area contributed by atoms with E-state index in [1.165, 1.54) is 73.3 Å². The van der Waals surface area contributed by atoms with Crippen LogP contribution < -0.4 is 0 Å². The van der Waals surface area contributed by atoms with E-state index in [0.29, 0.717) is 0 Å². The molecule has 0 N–H and O–H groups in total. The van der Waals surface area contributed by atoms with E-state index in [1.807, 2.05) is 22.7 Å². The van der Waals surface area contributed by atoms with Gasteiger partial charge in [0.05, 0.1) is 11.0 Å². The fraction of sp³-hybridized carbons (Fsp3) is 0. The number of nitrogens with zero attached hydrogens (tertiary/aromatic N) is 1. The maximum absolute atomic E-state index is 6.55. The van der Waals surface area contributed by atoms with E-state index in [1.54, 1.807) is 0 Å². The molecule has 0 aliphatic heterocycles. The summed E-state index contributed by atoms with van der Waals surface area (Å²) in [7, 11) is 0. The van der Waals surface area contributed by atoms with E-state index in [0.717, 1.165) is 27.6 Å². The zero-order chi connectivity index (χ0) is 29.9. The van der Waals surface area contributed by atoms with Gasteiger partial charge in [0.2, 0.25) is 0 Å². The highest BCUT2D eigenvalue weighted by Crippen LogP contribution is 2.44. The zero-order valence-electron chi connectivity index (χ0n) is 24.5. The lowest BCUT2D eigenvalue weighted by Crippen LogP contribution is -1.93. The summed E-state index contributed by atoms with van der Waals surface area (Å²) in [6.07, 6.45) is 0. The van der Waals surface area contributed by atoms with E-state index >= 15 is 0 Å². The van der Waals surface area contributed by atoms with Gasteiger partial charge in [-0.1, -0.05) is 72.8 Å². The van der Waals surface area contributed by atoms with Gasteiger partial charge < -0.3 is 8.98 Å². The van der Waals surface area contributed by atoms with Crippen molar-refractivity contribution in [3.8, 4) is 16.8 Å². The van der Waals surface area contributed by atoms with Crippen molar-refractivity contribution < 1.29 is 4.42 Å². The molecule has 0 aliphatic rings. The topological polar surface area (TPSA) is 18.1 Å². The summed E-state index contributed by atoms with van der Waals surface area (Å²) in [6.45, 7) is 0. The standard InChI is InChI=1S/C42H23NOS2/c1-4-10-34-27(7-1)30-17-20-40-41(31-9-3-6-12-38(31)46-40)42(30)43(34)26-15-16-28-32-21-24(13-18-35(32)44-36(28)23-26)25-14-19-39-33(22-25)29-8-2-5-11-37(29)45-39/h1-23H. The van der Waals surface area contributed by atoms with Gasteiger partial charge in [-0.15, -0.1) is 22.7 Å². The molecule has 0 saturated heterocycles. The summed E-state index contributed by atoms with van der Waals surface area (Å²) < 4.78 is 14.3. The van der Waals surface area contributed by atoms with Gasteiger partial charge in [0.1, 0.15) is 11.2 Å². The second kappa shape index (κ2) is 9.07. The molecule has 0 atom stereocenters. The average Bonchev–Trinajstić information content (AvgIpc) is 3.85. The normalized spacial score (nSPS) is 12.3. The molecule has 2 nitrogen and oxygen atoms in total. The van der Waals surface area contributed by atoms with Gasteiger partial charge >= 0.3 is 0 Å². The number of para-hydroxylation sites is 1. The molecule has 0 aliphatic carbocycles. The Labute approximate surface area is 270 Å². The predicted molar refractivity (Wildman–Crippen MR) is 199 cm³/mol. The van der Waals surface area contributed by atoms with Crippen molar-refractivity contribution in [2.24, 2.45) is 0 Å². The van der Waals surface area contributed by atoms with Crippen LogP contribution in [0, 0.1) is 0 Å². The van der Waals surface area contributed by atoms with Crippen LogP contribution in [-0.4, -0.2) is 4.57 Å². The van der Waals surface area contributed by atoms with Crippen LogP contribution in [0.25, 0.3) is 101 Å². The molecule has 0 unspecified atom stereocenters. The minimum absolute atomic E-state index is 0.900. The molecule has 0 fully saturated rings. The first kappa shape index (κ1) is 24.8. The second-order valence-corrected chi connectivity index (χ2v) is 14.3. The molecule has 4 heteroatoms.